The van der Waals surface area contributed by atoms with E-state index in [0.29, 0.717) is 4.88 Å². The molecule has 5 nitrogen and oxygen atoms in total. The minimum absolute atomic E-state index is 0.113. The van der Waals surface area contributed by atoms with Crippen molar-refractivity contribution in [1.29, 1.82) is 0 Å². The van der Waals surface area contributed by atoms with Crippen molar-refractivity contribution in [3.8, 4) is 5.75 Å². The maximum atomic E-state index is 13.9. The predicted octanol–water partition coefficient (Wildman–Crippen LogP) is 4.63. The van der Waals surface area contributed by atoms with E-state index in [4.69, 9.17) is 4.74 Å². The van der Waals surface area contributed by atoms with Gasteiger partial charge in [0.2, 0.25) is 0 Å². The van der Waals surface area contributed by atoms with Crippen LogP contribution < -0.4 is 10.1 Å². The topological polar surface area (TPSA) is 56.2 Å². The van der Waals surface area contributed by atoms with Crippen LogP contribution in [-0.2, 0) is 7.05 Å². The number of ether oxygens (including phenoxy) is 1. The van der Waals surface area contributed by atoms with Crippen molar-refractivity contribution in [2.24, 2.45) is 7.05 Å². The number of halogens is 1. The summed E-state index contributed by atoms with van der Waals surface area (Å²) in [4.78, 5) is 14.5. The normalized spacial score (nSPS) is 12.1. The Morgan fingerprint density at radius 1 is 1.21 bits per heavy atom. The van der Waals surface area contributed by atoms with E-state index in [9.17, 15) is 9.18 Å². The lowest BCUT2D eigenvalue weighted by Gasteiger charge is -2.19. The van der Waals surface area contributed by atoms with Crippen LogP contribution in [0, 0.1) is 12.7 Å². The van der Waals surface area contributed by atoms with E-state index in [1.807, 2.05) is 50.4 Å². The molecule has 1 unspecified atom stereocenters. The molecule has 2 aromatic carbocycles. The smallest absolute Gasteiger partial charge is 0.262 e. The van der Waals surface area contributed by atoms with Gasteiger partial charge in [0.05, 0.1) is 16.6 Å². The number of nitrogens with zero attached hydrogens (tertiary/aromatic N) is 2. The molecule has 2 heterocycles. The van der Waals surface area contributed by atoms with Gasteiger partial charge >= 0.3 is 0 Å². The van der Waals surface area contributed by atoms with Gasteiger partial charge in [-0.25, -0.2) is 4.39 Å². The summed E-state index contributed by atoms with van der Waals surface area (Å²) in [6, 6.07) is 17.2. The minimum atomic E-state index is -0.432. The molecule has 0 fully saturated rings. The maximum Gasteiger partial charge on any atom is 0.262 e. The van der Waals surface area contributed by atoms with Crippen molar-refractivity contribution in [2.45, 2.75) is 13.0 Å². The van der Waals surface area contributed by atoms with Crippen LogP contribution in [0.1, 0.15) is 27.0 Å². The van der Waals surface area contributed by atoms with E-state index in [2.05, 4.69) is 10.4 Å². The lowest BCUT2D eigenvalue weighted by atomic mass is 10.1. The molecule has 4 rings (SSSR count). The first-order valence-electron chi connectivity index (χ1n) is 9.19. The number of aryl methyl sites for hydroxylation is 2. The predicted molar refractivity (Wildman–Crippen MR) is 112 cm³/mol. The van der Waals surface area contributed by atoms with Crippen molar-refractivity contribution < 1.29 is 13.9 Å². The van der Waals surface area contributed by atoms with Crippen LogP contribution in [-0.4, -0.2) is 22.3 Å². The lowest BCUT2D eigenvalue weighted by molar-refractivity contribution is 0.0924. The van der Waals surface area contributed by atoms with Crippen LogP contribution in [0.5, 0.6) is 5.75 Å². The molecule has 148 valence electrons. The fraction of sp³-hybridized carbons (Fsp3) is 0.182. The van der Waals surface area contributed by atoms with Gasteiger partial charge < -0.3 is 10.1 Å². The van der Waals surface area contributed by atoms with Gasteiger partial charge in [-0.15, -0.1) is 11.3 Å². The molecule has 29 heavy (non-hydrogen) atoms. The molecule has 2 aromatic heterocycles. The van der Waals surface area contributed by atoms with E-state index in [1.54, 1.807) is 22.9 Å². The van der Waals surface area contributed by atoms with E-state index >= 15 is 0 Å². The van der Waals surface area contributed by atoms with E-state index in [-0.39, 0.29) is 18.3 Å². The minimum Gasteiger partial charge on any atom is -0.488 e. The monoisotopic (exact) mass is 409 g/mol. The molecule has 0 bridgehead atoms. The molecule has 0 spiro atoms. The number of hydrogen-bond acceptors (Lipinski definition) is 4. The van der Waals surface area contributed by atoms with Gasteiger partial charge in [0.1, 0.15) is 11.4 Å². The molecule has 0 aliphatic carbocycles. The van der Waals surface area contributed by atoms with Gasteiger partial charge in [0.25, 0.3) is 5.91 Å². The van der Waals surface area contributed by atoms with E-state index in [0.717, 1.165) is 21.5 Å². The lowest BCUT2D eigenvalue weighted by Crippen LogP contribution is -2.32. The summed E-state index contributed by atoms with van der Waals surface area (Å²) in [5.41, 5.74) is 1.77. The third kappa shape index (κ3) is 4.00. The Labute approximate surface area is 171 Å². The molecular formula is C22H20FN3O2S. The molecule has 4 aromatic rings. The SMILES string of the molecule is Cc1nn(C)c2sc(C(=O)NC(COc3ccccc3F)c3ccccc3)cc12. The first-order valence-corrected chi connectivity index (χ1v) is 10.0. The number of nitrogens with one attached hydrogen (secondary N) is 1. The first kappa shape index (κ1) is 19.1. The second-order valence-electron chi connectivity index (χ2n) is 6.72. The fourth-order valence-electron chi connectivity index (χ4n) is 3.19. The van der Waals surface area contributed by atoms with Crippen LogP contribution in [0.15, 0.2) is 60.7 Å². The molecule has 1 atom stereocenters. The zero-order valence-corrected chi connectivity index (χ0v) is 16.9. The van der Waals surface area contributed by atoms with Crippen LogP contribution in [0.3, 0.4) is 0 Å². The van der Waals surface area contributed by atoms with Gasteiger partial charge in [-0.05, 0) is 30.7 Å². The Bertz CT molecular complexity index is 1120. The number of para-hydroxylation sites is 1. The van der Waals surface area contributed by atoms with Gasteiger partial charge in [-0.2, -0.15) is 5.10 Å². The Kier molecular flexibility index (Phi) is 5.31. The van der Waals surface area contributed by atoms with E-state index < -0.39 is 11.9 Å². The number of amides is 1. The summed E-state index contributed by atoms with van der Waals surface area (Å²) in [6.45, 7) is 2.04. The summed E-state index contributed by atoms with van der Waals surface area (Å²) < 4.78 is 21.4. The van der Waals surface area contributed by atoms with E-state index in [1.165, 1.54) is 17.4 Å². The first-order chi connectivity index (χ1) is 14.0. The highest BCUT2D eigenvalue weighted by Crippen LogP contribution is 2.28. The van der Waals surface area contributed by atoms with Crippen LogP contribution in [0.2, 0.25) is 0 Å². The summed E-state index contributed by atoms with van der Waals surface area (Å²) in [5.74, 6) is -0.471. The van der Waals surface area contributed by atoms with Crippen molar-refractivity contribution in [3.05, 3.63) is 82.6 Å². The van der Waals surface area contributed by atoms with Gasteiger partial charge in [-0.3, -0.25) is 9.48 Å². The summed E-state index contributed by atoms with van der Waals surface area (Å²) in [7, 11) is 1.86. The third-order valence-corrected chi connectivity index (χ3v) is 5.87. The maximum absolute atomic E-state index is 13.9. The highest BCUT2D eigenvalue weighted by molar-refractivity contribution is 7.20. The van der Waals surface area contributed by atoms with Crippen molar-refractivity contribution in [3.63, 3.8) is 0 Å². The summed E-state index contributed by atoms with van der Waals surface area (Å²) in [6.07, 6.45) is 0. The molecule has 0 aliphatic heterocycles. The second kappa shape index (κ2) is 8.05. The highest BCUT2D eigenvalue weighted by atomic mass is 32.1. The Morgan fingerprint density at radius 2 is 1.93 bits per heavy atom. The number of rotatable bonds is 6. The summed E-state index contributed by atoms with van der Waals surface area (Å²) >= 11 is 1.39. The fourth-order valence-corrected chi connectivity index (χ4v) is 4.21. The number of carbonyl (C=O) groups is 1. The van der Waals surface area contributed by atoms with Gasteiger partial charge in [-0.1, -0.05) is 42.5 Å². The van der Waals surface area contributed by atoms with Gasteiger partial charge in [0.15, 0.2) is 11.6 Å². The molecule has 0 saturated carbocycles. The average Bonchev–Trinajstić information content (AvgIpc) is 3.28. The molecule has 0 radical (unpaired) electrons. The molecular weight excluding hydrogens is 389 g/mol. The Morgan fingerprint density at radius 3 is 2.66 bits per heavy atom. The second-order valence-corrected chi connectivity index (χ2v) is 7.75. The van der Waals surface area contributed by atoms with Gasteiger partial charge in [0, 0.05) is 12.4 Å². The number of benzene rings is 2. The van der Waals surface area contributed by atoms with Crippen LogP contribution >= 0.6 is 11.3 Å². The van der Waals surface area contributed by atoms with Crippen LogP contribution in [0.4, 0.5) is 4.39 Å². The number of thiophene rings is 1. The number of hydrogen-bond donors (Lipinski definition) is 1. The molecule has 7 heteroatoms. The highest BCUT2D eigenvalue weighted by Gasteiger charge is 2.20. The quantitative estimate of drug-likeness (QED) is 0.505. The number of carbonyl (C=O) groups excluding carboxylic acids is 1. The largest absolute Gasteiger partial charge is 0.488 e. The Hall–Kier alpha value is -3.19. The molecule has 1 N–H and O–H groups in total. The Balaban J connectivity index is 1.56. The average molecular weight is 409 g/mol. The molecule has 1 amide bonds. The zero-order valence-electron chi connectivity index (χ0n) is 16.1. The van der Waals surface area contributed by atoms with Crippen LogP contribution in [0.25, 0.3) is 10.2 Å². The number of fused-ring (bicyclic) bond motifs is 1. The van der Waals surface area contributed by atoms with Crippen molar-refractivity contribution in [1.82, 2.24) is 15.1 Å². The standard InChI is InChI=1S/C22H20FN3O2S/c1-14-16-12-20(29-22(16)26(2)25-14)21(27)24-18(15-8-4-3-5-9-15)13-28-19-11-7-6-10-17(19)23/h3-12,18H,13H2,1-2H3,(H,24,27). The third-order valence-electron chi connectivity index (χ3n) is 4.67. The zero-order chi connectivity index (χ0) is 20.4. The van der Waals surface area contributed by atoms with Crippen molar-refractivity contribution in [2.75, 3.05) is 6.61 Å². The van der Waals surface area contributed by atoms with Crippen molar-refractivity contribution >= 4 is 27.5 Å². The molecule has 0 saturated heterocycles. The summed E-state index contributed by atoms with van der Waals surface area (Å²) in [5, 5.41) is 8.37. The molecule has 0 aliphatic rings. The number of aromatic nitrogens is 2.